The summed E-state index contributed by atoms with van der Waals surface area (Å²) in [6.07, 6.45) is 1.63. The van der Waals surface area contributed by atoms with Gasteiger partial charge in [0.2, 0.25) is 5.91 Å². The number of rotatable bonds is 2. The molecule has 0 aliphatic rings. The van der Waals surface area contributed by atoms with Crippen molar-refractivity contribution >= 4 is 12.1 Å². The lowest BCUT2D eigenvalue weighted by Gasteiger charge is -2.19. The first kappa shape index (κ1) is 10.1. The van der Waals surface area contributed by atoms with Crippen molar-refractivity contribution in [2.75, 3.05) is 6.54 Å². The minimum absolute atomic E-state index is 0.0319. The smallest absolute Gasteiger partial charge is 0.242 e. The van der Waals surface area contributed by atoms with Gasteiger partial charge >= 0.3 is 0 Å². The van der Waals surface area contributed by atoms with E-state index in [9.17, 15) is 4.79 Å². The first-order chi connectivity index (χ1) is 4.95. The SMILES string of the molecule is CC=NCC(=O)NC(C)(C)C. The highest BCUT2D eigenvalue weighted by Gasteiger charge is 2.12. The van der Waals surface area contributed by atoms with E-state index in [0.717, 1.165) is 0 Å². The van der Waals surface area contributed by atoms with Gasteiger partial charge in [-0.1, -0.05) is 0 Å². The molecular weight excluding hydrogens is 140 g/mol. The van der Waals surface area contributed by atoms with E-state index in [-0.39, 0.29) is 18.0 Å². The maximum Gasteiger partial charge on any atom is 0.242 e. The van der Waals surface area contributed by atoms with Crippen molar-refractivity contribution in [2.45, 2.75) is 33.2 Å². The van der Waals surface area contributed by atoms with Crippen molar-refractivity contribution in [1.29, 1.82) is 0 Å². The summed E-state index contributed by atoms with van der Waals surface area (Å²) < 4.78 is 0. The first-order valence-corrected chi connectivity index (χ1v) is 3.71. The summed E-state index contributed by atoms with van der Waals surface area (Å²) in [6.45, 7) is 7.86. The molecule has 0 aromatic rings. The molecule has 0 aromatic carbocycles. The number of amides is 1. The highest BCUT2D eigenvalue weighted by molar-refractivity contribution is 5.80. The van der Waals surface area contributed by atoms with Crippen LogP contribution in [-0.2, 0) is 4.79 Å². The molecule has 0 atom stereocenters. The first-order valence-electron chi connectivity index (χ1n) is 3.71. The van der Waals surface area contributed by atoms with Gasteiger partial charge in [-0.25, -0.2) is 0 Å². The summed E-state index contributed by atoms with van der Waals surface area (Å²) in [5.74, 6) is -0.0319. The Morgan fingerprint density at radius 3 is 2.45 bits per heavy atom. The largest absolute Gasteiger partial charge is 0.350 e. The zero-order valence-corrected chi connectivity index (χ0v) is 7.64. The normalized spacial score (nSPS) is 12.0. The molecule has 0 spiro atoms. The Kier molecular flexibility index (Phi) is 3.79. The number of nitrogens with one attached hydrogen (secondary N) is 1. The van der Waals surface area contributed by atoms with Crippen LogP contribution in [0.2, 0.25) is 0 Å². The van der Waals surface area contributed by atoms with Crippen molar-refractivity contribution in [3.63, 3.8) is 0 Å². The Morgan fingerprint density at radius 1 is 1.55 bits per heavy atom. The molecule has 11 heavy (non-hydrogen) atoms. The van der Waals surface area contributed by atoms with Gasteiger partial charge in [-0.2, -0.15) is 0 Å². The van der Waals surface area contributed by atoms with E-state index in [1.165, 1.54) is 0 Å². The molecule has 1 amide bonds. The van der Waals surface area contributed by atoms with E-state index < -0.39 is 0 Å². The van der Waals surface area contributed by atoms with Gasteiger partial charge in [-0.3, -0.25) is 9.79 Å². The highest BCUT2D eigenvalue weighted by atomic mass is 16.2. The molecule has 0 fully saturated rings. The fourth-order valence-electron chi connectivity index (χ4n) is 0.632. The Hall–Kier alpha value is -0.860. The van der Waals surface area contributed by atoms with E-state index in [1.54, 1.807) is 13.1 Å². The molecule has 0 radical (unpaired) electrons. The fraction of sp³-hybridized carbons (Fsp3) is 0.750. The number of aliphatic imine (C=N–C) groups is 1. The van der Waals surface area contributed by atoms with Gasteiger partial charge in [0.05, 0.1) is 0 Å². The van der Waals surface area contributed by atoms with Gasteiger partial charge < -0.3 is 5.32 Å². The minimum atomic E-state index is -0.152. The van der Waals surface area contributed by atoms with Gasteiger partial charge in [-0.15, -0.1) is 0 Å². The molecule has 0 unspecified atom stereocenters. The van der Waals surface area contributed by atoms with Crippen LogP contribution in [-0.4, -0.2) is 24.2 Å². The van der Waals surface area contributed by atoms with E-state index in [4.69, 9.17) is 0 Å². The van der Waals surface area contributed by atoms with Gasteiger partial charge in [0.25, 0.3) is 0 Å². The molecule has 0 saturated heterocycles. The van der Waals surface area contributed by atoms with Gasteiger partial charge in [-0.05, 0) is 33.9 Å². The van der Waals surface area contributed by atoms with Crippen LogP contribution in [0.25, 0.3) is 0 Å². The lowest BCUT2D eigenvalue weighted by Crippen LogP contribution is -2.41. The fourth-order valence-corrected chi connectivity index (χ4v) is 0.632. The monoisotopic (exact) mass is 156 g/mol. The third-order valence-electron chi connectivity index (χ3n) is 0.932. The summed E-state index contributed by atoms with van der Waals surface area (Å²) in [6, 6.07) is 0. The minimum Gasteiger partial charge on any atom is -0.350 e. The van der Waals surface area contributed by atoms with Crippen LogP contribution in [0, 0.1) is 0 Å². The standard InChI is InChI=1S/C8H16N2O/c1-5-9-6-7(11)10-8(2,3)4/h5H,6H2,1-4H3,(H,10,11). The number of hydrogen-bond donors (Lipinski definition) is 1. The maximum absolute atomic E-state index is 11.0. The molecule has 0 saturated carbocycles. The second-order valence-corrected chi connectivity index (χ2v) is 3.40. The molecule has 0 heterocycles. The van der Waals surface area contributed by atoms with E-state index in [2.05, 4.69) is 10.3 Å². The molecule has 0 aromatic heterocycles. The summed E-state index contributed by atoms with van der Waals surface area (Å²) in [4.78, 5) is 14.8. The number of carbonyl (C=O) groups is 1. The molecule has 0 bridgehead atoms. The second kappa shape index (κ2) is 4.11. The van der Waals surface area contributed by atoms with Crippen molar-refractivity contribution < 1.29 is 4.79 Å². The molecule has 3 nitrogen and oxygen atoms in total. The summed E-state index contributed by atoms with van der Waals surface area (Å²) in [5, 5.41) is 2.80. The topological polar surface area (TPSA) is 41.5 Å². The molecule has 3 heteroatoms. The molecule has 0 rings (SSSR count). The number of nitrogens with zero attached hydrogens (tertiary/aromatic N) is 1. The quantitative estimate of drug-likeness (QED) is 0.595. The summed E-state index contributed by atoms with van der Waals surface area (Å²) in [5.41, 5.74) is -0.152. The zero-order chi connectivity index (χ0) is 8.91. The van der Waals surface area contributed by atoms with Crippen LogP contribution in [0.15, 0.2) is 4.99 Å². The molecule has 0 aliphatic carbocycles. The molecular formula is C8H16N2O. The number of hydrogen-bond acceptors (Lipinski definition) is 2. The van der Waals surface area contributed by atoms with E-state index in [0.29, 0.717) is 0 Å². The Morgan fingerprint density at radius 2 is 2.09 bits per heavy atom. The average Bonchev–Trinajstić information content (AvgIpc) is 1.79. The second-order valence-electron chi connectivity index (χ2n) is 3.40. The predicted octanol–water partition coefficient (Wildman–Crippen LogP) is 0.992. The highest BCUT2D eigenvalue weighted by Crippen LogP contribution is 1.97. The molecule has 0 aliphatic heterocycles. The third-order valence-corrected chi connectivity index (χ3v) is 0.932. The molecule has 1 N–H and O–H groups in total. The molecule has 64 valence electrons. The summed E-state index contributed by atoms with van der Waals surface area (Å²) >= 11 is 0. The van der Waals surface area contributed by atoms with Crippen LogP contribution < -0.4 is 5.32 Å². The lowest BCUT2D eigenvalue weighted by atomic mass is 10.1. The maximum atomic E-state index is 11.0. The zero-order valence-electron chi connectivity index (χ0n) is 7.64. The Labute approximate surface area is 67.9 Å². The number of carbonyl (C=O) groups excluding carboxylic acids is 1. The van der Waals surface area contributed by atoms with Gasteiger partial charge in [0, 0.05) is 5.54 Å². The Balaban J connectivity index is 3.70. The van der Waals surface area contributed by atoms with Gasteiger partial charge in [0.15, 0.2) is 0 Å². The van der Waals surface area contributed by atoms with Crippen LogP contribution >= 0.6 is 0 Å². The average molecular weight is 156 g/mol. The van der Waals surface area contributed by atoms with E-state index >= 15 is 0 Å². The van der Waals surface area contributed by atoms with Crippen LogP contribution in [0.4, 0.5) is 0 Å². The van der Waals surface area contributed by atoms with Gasteiger partial charge in [0.1, 0.15) is 6.54 Å². The van der Waals surface area contributed by atoms with Crippen molar-refractivity contribution in [1.82, 2.24) is 5.32 Å². The van der Waals surface area contributed by atoms with Crippen molar-refractivity contribution in [2.24, 2.45) is 4.99 Å². The van der Waals surface area contributed by atoms with Crippen LogP contribution in [0.1, 0.15) is 27.7 Å². The van der Waals surface area contributed by atoms with Crippen LogP contribution in [0.5, 0.6) is 0 Å². The Bertz CT molecular complexity index is 156. The predicted molar refractivity (Wildman–Crippen MR) is 46.9 cm³/mol. The van der Waals surface area contributed by atoms with Crippen molar-refractivity contribution in [3.8, 4) is 0 Å². The third kappa shape index (κ3) is 7.03. The van der Waals surface area contributed by atoms with E-state index in [1.807, 2.05) is 20.8 Å². The van der Waals surface area contributed by atoms with Crippen LogP contribution in [0.3, 0.4) is 0 Å². The lowest BCUT2D eigenvalue weighted by molar-refractivity contribution is -0.121. The van der Waals surface area contributed by atoms with Crippen molar-refractivity contribution in [3.05, 3.63) is 0 Å². The summed E-state index contributed by atoms with van der Waals surface area (Å²) in [7, 11) is 0.